The molecule has 37 heavy (non-hydrogen) atoms. The average Bonchev–Trinajstić information content (AvgIpc) is 3.09. The highest BCUT2D eigenvalue weighted by molar-refractivity contribution is 5.70. The Morgan fingerprint density at radius 3 is 2.11 bits per heavy atom. The number of carboxylic acid groups (broad SMARTS) is 1. The second-order valence-corrected chi connectivity index (χ2v) is 8.66. The van der Waals surface area contributed by atoms with Crippen molar-refractivity contribution in [2.75, 3.05) is 7.11 Å². The smallest absolute Gasteiger partial charge is 0.430 e. The Morgan fingerprint density at radius 2 is 1.46 bits per heavy atom. The van der Waals surface area contributed by atoms with Gasteiger partial charge in [-0.15, -0.1) is 0 Å². The van der Waals surface area contributed by atoms with Crippen molar-refractivity contribution in [2.24, 2.45) is 0 Å². The summed E-state index contributed by atoms with van der Waals surface area (Å²) in [5, 5.41) is 8.78. The SMILES string of the molecule is COc1ccccc1-[n+]1cc(-c2ccc(-c3ccccc3)cc2)n2c1CCCCC2.O=C([O-])C(F)(F)F. The van der Waals surface area contributed by atoms with Crippen LogP contribution in [0, 0.1) is 0 Å². The van der Waals surface area contributed by atoms with Crippen LogP contribution in [-0.2, 0) is 17.8 Å². The summed E-state index contributed by atoms with van der Waals surface area (Å²) in [6.07, 6.45) is 1.91. The van der Waals surface area contributed by atoms with Gasteiger partial charge in [0.1, 0.15) is 12.2 Å². The molecule has 0 saturated heterocycles. The van der Waals surface area contributed by atoms with E-state index in [1.807, 2.05) is 12.1 Å². The number of alkyl halides is 3. The van der Waals surface area contributed by atoms with Gasteiger partial charge in [0, 0.05) is 12.0 Å². The van der Waals surface area contributed by atoms with Crippen LogP contribution in [0.1, 0.15) is 25.1 Å². The number of aliphatic carboxylic acids is 1. The van der Waals surface area contributed by atoms with Crippen molar-refractivity contribution in [3.8, 4) is 33.8 Å². The third kappa shape index (κ3) is 6.02. The van der Waals surface area contributed by atoms with E-state index in [0.717, 1.165) is 24.4 Å². The number of imidazole rings is 1. The summed E-state index contributed by atoms with van der Waals surface area (Å²) < 4.78 is 42.1. The van der Waals surface area contributed by atoms with Gasteiger partial charge in [0.25, 0.3) is 5.82 Å². The fraction of sp³-hybridized carbons (Fsp3) is 0.241. The third-order valence-electron chi connectivity index (χ3n) is 6.28. The summed E-state index contributed by atoms with van der Waals surface area (Å²) in [4.78, 5) is 8.78. The number of benzene rings is 3. The van der Waals surface area contributed by atoms with Crippen LogP contribution in [0.2, 0.25) is 0 Å². The highest BCUT2D eigenvalue weighted by Gasteiger charge is 2.29. The Bertz CT molecular complexity index is 1350. The minimum atomic E-state index is -5.19. The number of methoxy groups -OCH3 is 1. The molecule has 0 fully saturated rings. The van der Waals surface area contributed by atoms with E-state index in [1.54, 1.807) is 7.11 Å². The minimum Gasteiger partial charge on any atom is -0.542 e. The van der Waals surface area contributed by atoms with Gasteiger partial charge >= 0.3 is 6.18 Å². The van der Waals surface area contributed by atoms with Gasteiger partial charge < -0.3 is 14.6 Å². The molecule has 0 saturated carbocycles. The Morgan fingerprint density at radius 1 is 0.865 bits per heavy atom. The zero-order valence-electron chi connectivity index (χ0n) is 20.4. The zero-order chi connectivity index (χ0) is 26.4. The molecule has 8 heteroatoms. The molecule has 0 bridgehead atoms. The largest absolute Gasteiger partial charge is 0.542 e. The summed E-state index contributed by atoms with van der Waals surface area (Å²) in [5.41, 5.74) is 6.14. The molecule has 5 rings (SSSR count). The van der Waals surface area contributed by atoms with Crippen LogP contribution < -0.4 is 14.4 Å². The van der Waals surface area contributed by atoms with E-state index in [0.29, 0.717) is 0 Å². The van der Waals surface area contributed by atoms with Gasteiger partial charge in [0.05, 0.1) is 13.7 Å². The first kappa shape index (κ1) is 26.0. The Balaban J connectivity index is 0.000000405. The van der Waals surface area contributed by atoms with E-state index >= 15 is 0 Å². The maximum Gasteiger partial charge on any atom is 0.430 e. The maximum atomic E-state index is 10.5. The number of aromatic nitrogens is 2. The third-order valence-corrected chi connectivity index (χ3v) is 6.28. The number of ether oxygens (including phenoxy) is 1. The number of carboxylic acids is 1. The molecule has 3 aromatic carbocycles. The first-order valence-corrected chi connectivity index (χ1v) is 12.0. The second kappa shape index (κ2) is 11.3. The standard InChI is InChI=1S/C27H27N2O.C2HF3O2/c1-30-26-13-8-7-12-24(26)29-20-25(28-19-9-3-6-14-27(28)29)23-17-15-22(16-18-23)21-10-4-2-5-11-21;3-2(4,5)1(6)7/h2,4-5,7-8,10-13,15-18,20H,3,6,9,14,19H2,1H3;(H,6,7)/q+1;/p-1. The molecule has 0 amide bonds. The normalized spacial score (nSPS) is 13.1. The lowest BCUT2D eigenvalue weighted by atomic mass is 10.0. The van der Waals surface area contributed by atoms with Gasteiger partial charge in [-0.1, -0.05) is 54.6 Å². The van der Waals surface area contributed by atoms with Crippen LogP contribution in [0.3, 0.4) is 0 Å². The molecule has 1 aliphatic rings. The number of fused-ring (bicyclic) bond motifs is 1. The number of para-hydroxylation sites is 2. The van der Waals surface area contributed by atoms with Crippen LogP contribution >= 0.6 is 0 Å². The van der Waals surface area contributed by atoms with Gasteiger partial charge in [-0.2, -0.15) is 17.7 Å². The molecule has 0 N–H and O–H groups in total. The van der Waals surface area contributed by atoms with Crippen molar-refractivity contribution in [1.29, 1.82) is 0 Å². The first-order chi connectivity index (χ1) is 17.8. The summed E-state index contributed by atoms with van der Waals surface area (Å²) in [5.74, 6) is -0.738. The number of nitrogens with zero attached hydrogens (tertiary/aromatic N) is 2. The number of hydrogen-bond donors (Lipinski definition) is 0. The van der Waals surface area contributed by atoms with Crippen LogP contribution in [-0.4, -0.2) is 23.8 Å². The van der Waals surface area contributed by atoms with Gasteiger partial charge in [-0.05, 0) is 54.7 Å². The van der Waals surface area contributed by atoms with Crippen LogP contribution in [0.5, 0.6) is 5.75 Å². The number of carbonyl (C=O) groups excluding carboxylic acids is 1. The molecular formula is C29H27F3N2O3. The molecule has 0 unspecified atom stereocenters. The lowest BCUT2D eigenvalue weighted by molar-refractivity contribution is -0.604. The van der Waals surface area contributed by atoms with Crippen molar-refractivity contribution < 1.29 is 32.4 Å². The van der Waals surface area contributed by atoms with Crippen molar-refractivity contribution in [2.45, 2.75) is 38.4 Å². The number of halogens is 3. The number of rotatable bonds is 4. The Kier molecular flexibility index (Phi) is 7.96. The molecule has 2 heterocycles. The molecule has 0 atom stereocenters. The molecule has 0 spiro atoms. The van der Waals surface area contributed by atoms with E-state index in [2.05, 4.69) is 82.1 Å². The highest BCUT2D eigenvalue weighted by atomic mass is 19.4. The molecule has 4 aromatic rings. The topological polar surface area (TPSA) is 58.2 Å². The molecule has 0 radical (unpaired) electrons. The van der Waals surface area contributed by atoms with E-state index < -0.39 is 12.1 Å². The quantitative estimate of drug-likeness (QED) is 0.359. The van der Waals surface area contributed by atoms with Gasteiger partial charge in [0.15, 0.2) is 17.1 Å². The van der Waals surface area contributed by atoms with Crippen molar-refractivity contribution >= 4 is 5.97 Å². The van der Waals surface area contributed by atoms with E-state index in [4.69, 9.17) is 14.6 Å². The molecular weight excluding hydrogens is 481 g/mol. The lowest BCUT2D eigenvalue weighted by Gasteiger charge is -2.06. The predicted molar refractivity (Wildman–Crippen MR) is 132 cm³/mol. The highest BCUT2D eigenvalue weighted by Crippen LogP contribution is 2.29. The van der Waals surface area contributed by atoms with Crippen molar-refractivity contribution in [3.05, 3.63) is 90.9 Å². The van der Waals surface area contributed by atoms with E-state index in [9.17, 15) is 13.2 Å². The van der Waals surface area contributed by atoms with E-state index in [-0.39, 0.29) is 0 Å². The summed E-state index contributed by atoms with van der Waals surface area (Å²) in [6, 6.07) is 27.8. The van der Waals surface area contributed by atoms with Gasteiger partial charge in [0.2, 0.25) is 0 Å². The predicted octanol–water partition coefficient (Wildman–Crippen LogP) is 5.13. The monoisotopic (exact) mass is 508 g/mol. The summed E-state index contributed by atoms with van der Waals surface area (Å²) in [6.45, 7) is 1.06. The molecule has 1 aliphatic heterocycles. The van der Waals surface area contributed by atoms with Gasteiger partial charge in [-0.25, -0.2) is 4.57 Å². The van der Waals surface area contributed by atoms with Crippen molar-refractivity contribution in [3.63, 3.8) is 0 Å². The fourth-order valence-corrected chi connectivity index (χ4v) is 4.50. The average molecular weight is 509 g/mol. The molecule has 1 aromatic heterocycles. The van der Waals surface area contributed by atoms with Gasteiger partial charge in [-0.3, -0.25) is 0 Å². The first-order valence-electron chi connectivity index (χ1n) is 12.0. The summed E-state index contributed by atoms with van der Waals surface area (Å²) >= 11 is 0. The second-order valence-electron chi connectivity index (χ2n) is 8.66. The number of carbonyl (C=O) groups is 1. The fourth-order valence-electron chi connectivity index (χ4n) is 4.50. The molecule has 5 nitrogen and oxygen atoms in total. The Labute approximate surface area is 213 Å². The zero-order valence-corrected chi connectivity index (χ0v) is 20.4. The van der Waals surface area contributed by atoms with E-state index in [1.165, 1.54) is 47.5 Å². The molecule has 192 valence electrons. The Hall–Kier alpha value is -4.07. The van der Waals surface area contributed by atoms with Crippen molar-refractivity contribution in [1.82, 2.24) is 4.57 Å². The molecule has 0 aliphatic carbocycles. The van der Waals surface area contributed by atoms with Crippen LogP contribution in [0.4, 0.5) is 13.2 Å². The lowest BCUT2D eigenvalue weighted by Crippen LogP contribution is -2.37. The van der Waals surface area contributed by atoms with Crippen LogP contribution in [0.15, 0.2) is 85.1 Å². The minimum absolute atomic E-state index is 0.908. The van der Waals surface area contributed by atoms with Crippen LogP contribution in [0.25, 0.3) is 28.1 Å². The summed E-state index contributed by atoms with van der Waals surface area (Å²) in [7, 11) is 1.75. The maximum absolute atomic E-state index is 10.5. The number of hydrogen-bond acceptors (Lipinski definition) is 3.